The van der Waals surface area contributed by atoms with Gasteiger partial charge in [-0.15, -0.1) is 0 Å². The zero-order chi connectivity index (χ0) is 16.2. The van der Waals surface area contributed by atoms with Crippen molar-refractivity contribution < 1.29 is 5.11 Å². The molecule has 0 spiro atoms. The van der Waals surface area contributed by atoms with Crippen molar-refractivity contribution in [2.24, 2.45) is 0 Å². The van der Waals surface area contributed by atoms with E-state index < -0.39 is 0 Å². The number of aromatic nitrogens is 2. The van der Waals surface area contributed by atoms with E-state index in [1.165, 1.54) is 0 Å². The van der Waals surface area contributed by atoms with Crippen molar-refractivity contribution in [3.05, 3.63) is 53.0 Å². The minimum absolute atomic E-state index is 0.280. The maximum absolute atomic E-state index is 9.68. The molecule has 1 unspecified atom stereocenters. The molecule has 0 aliphatic carbocycles. The molecule has 0 bridgehead atoms. The van der Waals surface area contributed by atoms with E-state index in [4.69, 9.17) is 5.26 Å². The van der Waals surface area contributed by atoms with Gasteiger partial charge in [-0.1, -0.05) is 18.2 Å². The minimum Gasteiger partial charge on any atom is -0.391 e. The summed E-state index contributed by atoms with van der Waals surface area (Å²) < 4.78 is 0. The first-order valence-electron chi connectivity index (χ1n) is 7.61. The van der Waals surface area contributed by atoms with Crippen molar-refractivity contribution in [1.82, 2.24) is 9.97 Å². The fourth-order valence-corrected chi connectivity index (χ4v) is 2.64. The number of rotatable bonds is 3. The van der Waals surface area contributed by atoms with Crippen LogP contribution in [0.3, 0.4) is 0 Å². The van der Waals surface area contributed by atoms with Crippen LogP contribution in [0.5, 0.6) is 0 Å². The number of nitriles is 1. The van der Waals surface area contributed by atoms with E-state index in [0.717, 1.165) is 30.0 Å². The highest BCUT2D eigenvalue weighted by Crippen LogP contribution is 2.19. The third kappa shape index (κ3) is 3.74. The maximum Gasteiger partial charge on any atom is 0.154 e. The lowest BCUT2D eigenvalue weighted by Gasteiger charge is -2.17. The van der Waals surface area contributed by atoms with Gasteiger partial charge in [-0.3, -0.25) is 0 Å². The number of aliphatic hydroxyl groups excluding tert-OH is 1. The van der Waals surface area contributed by atoms with Gasteiger partial charge in [0, 0.05) is 24.8 Å². The van der Waals surface area contributed by atoms with E-state index in [-0.39, 0.29) is 6.10 Å². The van der Waals surface area contributed by atoms with Crippen molar-refractivity contribution in [3.8, 4) is 6.07 Å². The Bertz CT molecular complexity index is 779. The Balaban J connectivity index is 1.83. The number of aliphatic hydroxyl groups is 1. The van der Waals surface area contributed by atoms with E-state index in [2.05, 4.69) is 20.9 Å². The standard InChI is InChI=1S/C18H18N4O/c1-13-9-18(22-8-7-16(23)12-22)21-17(20-13)6-5-14-3-2-4-15(10-14)11-19/h2-6,9-10,16,23H,7-8,12H2,1H3/b6-5+. The number of hydrogen-bond acceptors (Lipinski definition) is 5. The van der Waals surface area contributed by atoms with Gasteiger partial charge >= 0.3 is 0 Å². The van der Waals surface area contributed by atoms with E-state index in [9.17, 15) is 5.11 Å². The van der Waals surface area contributed by atoms with Crippen LogP contribution in [0, 0.1) is 18.3 Å². The Morgan fingerprint density at radius 2 is 2.17 bits per heavy atom. The monoisotopic (exact) mass is 306 g/mol. The summed E-state index contributed by atoms with van der Waals surface area (Å²) in [7, 11) is 0. The van der Waals surface area contributed by atoms with Crippen LogP contribution in [0.2, 0.25) is 0 Å². The van der Waals surface area contributed by atoms with E-state index >= 15 is 0 Å². The molecular formula is C18H18N4O. The topological polar surface area (TPSA) is 73.0 Å². The van der Waals surface area contributed by atoms with Crippen molar-refractivity contribution in [3.63, 3.8) is 0 Å². The fraction of sp³-hybridized carbons (Fsp3) is 0.278. The molecule has 3 rings (SSSR count). The second kappa shape index (κ2) is 6.59. The predicted molar refractivity (Wildman–Crippen MR) is 89.7 cm³/mol. The molecule has 0 saturated carbocycles. The van der Waals surface area contributed by atoms with E-state index in [1.807, 2.05) is 43.3 Å². The van der Waals surface area contributed by atoms with Gasteiger partial charge in [0.15, 0.2) is 5.82 Å². The number of aryl methyl sites for hydroxylation is 1. The van der Waals surface area contributed by atoms with Gasteiger partial charge < -0.3 is 10.0 Å². The molecule has 0 radical (unpaired) electrons. The normalized spacial score (nSPS) is 17.6. The Labute approximate surface area is 135 Å². The average molecular weight is 306 g/mol. The van der Waals surface area contributed by atoms with Gasteiger partial charge in [0.2, 0.25) is 0 Å². The van der Waals surface area contributed by atoms with Crippen molar-refractivity contribution in [1.29, 1.82) is 5.26 Å². The second-order valence-electron chi connectivity index (χ2n) is 5.68. The number of benzene rings is 1. The van der Waals surface area contributed by atoms with Gasteiger partial charge in [-0.25, -0.2) is 9.97 Å². The Kier molecular flexibility index (Phi) is 4.35. The van der Waals surface area contributed by atoms with Crippen molar-refractivity contribution in [2.45, 2.75) is 19.4 Å². The SMILES string of the molecule is Cc1cc(N2CCC(O)C2)nc(/C=C/c2cccc(C#N)c2)n1. The number of anilines is 1. The molecule has 23 heavy (non-hydrogen) atoms. The molecule has 5 nitrogen and oxygen atoms in total. The highest BCUT2D eigenvalue weighted by molar-refractivity contribution is 5.68. The summed E-state index contributed by atoms with van der Waals surface area (Å²) >= 11 is 0. The summed E-state index contributed by atoms with van der Waals surface area (Å²) in [6.45, 7) is 3.36. The zero-order valence-corrected chi connectivity index (χ0v) is 13.0. The lowest BCUT2D eigenvalue weighted by molar-refractivity contribution is 0.198. The van der Waals surface area contributed by atoms with Crippen LogP contribution in [-0.2, 0) is 0 Å². The van der Waals surface area contributed by atoms with Crippen LogP contribution in [0.1, 0.15) is 29.1 Å². The molecule has 1 aromatic carbocycles. The third-order valence-corrected chi connectivity index (χ3v) is 3.79. The highest BCUT2D eigenvalue weighted by atomic mass is 16.3. The van der Waals surface area contributed by atoms with Gasteiger partial charge in [0.05, 0.1) is 17.7 Å². The molecule has 1 N–H and O–H groups in total. The van der Waals surface area contributed by atoms with Gasteiger partial charge in [0.1, 0.15) is 5.82 Å². The van der Waals surface area contributed by atoms with Crippen LogP contribution >= 0.6 is 0 Å². The molecule has 1 aliphatic rings. The third-order valence-electron chi connectivity index (χ3n) is 3.79. The highest BCUT2D eigenvalue weighted by Gasteiger charge is 2.21. The largest absolute Gasteiger partial charge is 0.391 e. The molecule has 1 fully saturated rings. The smallest absolute Gasteiger partial charge is 0.154 e. The zero-order valence-electron chi connectivity index (χ0n) is 13.0. The minimum atomic E-state index is -0.280. The quantitative estimate of drug-likeness (QED) is 0.942. The fourth-order valence-electron chi connectivity index (χ4n) is 2.64. The Morgan fingerprint density at radius 3 is 2.91 bits per heavy atom. The summed E-state index contributed by atoms with van der Waals surface area (Å²) in [4.78, 5) is 11.1. The van der Waals surface area contributed by atoms with Crippen LogP contribution in [0.25, 0.3) is 12.2 Å². The molecule has 5 heteroatoms. The van der Waals surface area contributed by atoms with Crippen LogP contribution in [0.4, 0.5) is 5.82 Å². The first kappa shape index (κ1) is 15.2. The number of nitrogens with zero attached hydrogens (tertiary/aromatic N) is 4. The first-order chi connectivity index (χ1) is 11.1. The number of β-amino-alcohol motifs (C(OH)–C–C–N with tert-alkyl or cyclic N) is 1. The molecule has 1 saturated heterocycles. The first-order valence-corrected chi connectivity index (χ1v) is 7.61. The molecule has 1 atom stereocenters. The summed E-state index contributed by atoms with van der Waals surface area (Å²) in [5.74, 6) is 1.48. The Morgan fingerprint density at radius 1 is 1.30 bits per heavy atom. The van der Waals surface area contributed by atoms with E-state index in [0.29, 0.717) is 17.9 Å². The van der Waals surface area contributed by atoms with Gasteiger partial charge in [-0.05, 0) is 37.1 Å². The maximum atomic E-state index is 9.68. The summed E-state index contributed by atoms with van der Waals surface area (Å²) in [5.41, 5.74) is 2.46. The number of hydrogen-bond donors (Lipinski definition) is 1. The summed E-state index contributed by atoms with van der Waals surface area (Å²) in [6.07, 6.45) is 4.24. The van der Waals surface area contributed by atoms with Crippen molar-refractivity contribution in [2.75, 3.05) is 18.0 Å². The molecule has 2 aromatic rings. The molecule has 0 amide bonds. The van der Waals surface area contributed by atoms with Crippen molar-refractivity contribution >= 4 is 18.0 Å². The molecule has 2 heterocycles. The van der Waals surface area contributed by atoms with E-state index in [1.54, 1.807) is 6.07 Å². The molecule has 1 aromatic heterocycles. The molecular weight excluding hydrogens is 288 g/mol. The van der Waals surface area contributed by atoms with Gasteiger partial charge in [0.25, 0.3) is 0 Å². The average Bonchev–Trinajstić information content (AvgIpc) is 2.99. The Hall–Kier alpha value is -2.71. The molecule has 116 valence electrons. The van der Waals surface area contributed by atoms with Crippen LogP contribution in [-0.4, -0.2) is 34.3 Å². The predicted octanol–water partition coefficient (Wildman–Crippen LogP) is 2.40. The summed E-state index contributed by atoms with van der Waals surface area (Å²) in [6, 6.07) is 11.5. The second-order valence-corrected chi connectivity index (χ2v) is 5.68. The van der Waals surface area contributed by atoms with Crippen LogP contribution in [0.15, 0.2) is 30.3 Å². The van der Waals surface area contributed by atoms with Gasteiger partial charge in [-0.2, -0.15) is 5.26 Å². The lowest BCUT2D eigenvalue weighted by atomic mass is 10.1. The van der Waals surface area contributed by atoms with Crippen LogP contribution < -0.4 is 4.90 Å². The summed E-state index contributed by atoms with van der Waals surface area (Å²) in [5, 5.41) is 18.6. The molecule has 1 aliphatic heterocycles. The lowest BCUT2D eigenvalue weighted by Crippen LogP contribution is -2.22.